The molecule has 1 aromatic carbocycles. The fourth-order valence-electron chi connectivity index (χ4n) is 2.53. The molecule has 2 rings (SSSR count). The molecule has 0 amide bonds. The molecule has 0 spiro atoms. The van der Waals surface area contributed by atoms with Crippen molar-refractivity contribution < 1.29 is 30.7 Å². The van der Waals surface area contributed by atoms with E-state index in [0.717, 1.165) is 17.5 Å². The number of alkyl halides is 7. The fraction of sp³-hybridized carbons (Fsp3) is 0.353. The molecule has 10 heteroatoms. The second-order valence-electron chi connectivity index (χ2n) is 5.96. The topological polar surface area (TPSA) is 29.3 Å². The summed E-state index contributed by atoms with van der Waals surface area (Å²) in [6.07, 6.45) is -5.64. The fourth-order valence-corrected chi connectivity index (χ4v) is 2.53. The van der Waals surface area contributed by atoms with Crippen molar-refractivity contribution in [2.75, 3.05) is 0 Å². The number of aromatic nitrogens is 1. The van der Waals surface area contributed by atoms with Gasteiger partial charge in [0.15, 0.2) is 0 Å². The van der Waals surface area contributed by atoms with E-state index in [1.165, 1.54) is 0 Å². The van der Waals surface area contributed by atoms with E-state index in [-0.39, 0.29) is 5.56 Å². The smallest absolute Gasteiger partial charge is 0.318 e. The maximum Gasteiger partial charge on any atom is 0.462 e. The molecule has 0 atom stereocenters. The predicted octanol–water partition coefficient (Wildman–Crippen LogP) is 5.12. The summed E-state index contributed by atoms with van der Waals surface area (Å²) in [6.45, 7) is 5.24. The zero-order valence-electron chi connectivity index (χ0n) is 14.5. The van der Waals surface area contributed by atoms with Gasteiger partial charge in [-0.2, -0.15) is 35.8 Å². The van der Waals surface area contributed by atoms with Crippen molar-refractivity contribution >= 4 is 6.21 Å². The van der Waals surface area contributed by atoms with E-state index >= 15 is 0 Å². The molecule has 1 N–H and O–H groups in total. The van der Waals surface area contributed by atoms with Gasteiger partial charge in [0.05, 0.1) is 6.21 Å². The third-order valence-electron chi connectivity index (χ3n) is 3.99. The quantitative estimate of drug-likeness (QED) is 0.324. The highest BCUT2D eigenvalue weighted by Crippen LogP contribution is 2.45. The lowest BCUT2D eigenvalue weighted by Crippen LogP contribution is -2.58. The minimum atomic E-state index is -6.42. The van der Waals surface area contributed by atoms with Gasteiger partial charge >= 0.3 is 18.1 Å². The van der Waals surface area contributed by atoms with E-state index < -0.39 is 18.1 Å². The molecular weight excluding hydrogens is 379 g/mol. The second kappa shape index (κ2) is 6.90. The molecule has 1 heterocycles. The number of halogens is 7. The number of nitrogens with one attached hydrogen (secondary N) is 1. The van der Waals surface area contributed by atoms with E-state index in [2.05, 4.69) is 5.10 Å². The summed E-state index contributed by atoms with van der Waals surface area (Å²) in [7, 11) is 0. The molecule has 2 aromatic rings. The Balaban J connectivity index is 2.29. The Bertz CT molecular complexity index is 851. The number of nitrogens with zero attached hydrogens (tertiary/aromatic N) is 2. The summed E-state index contributed by atoms with van der Waals surface area (Å²) in [4.78, 5) is 0. The summed E-state index contributed by atoms with van der Waals surface area (Å²) in [5, 5.41) is 2.91. The van der Waals surface area contributed by atoms with Crippen molar-refractivity contribution in [2.45, 2.75) is 38.9 Å². The van der Waals surface area contributed by atoms with Crippen LogP contribution in [0, 0.1) is 20.8 Å². The normalized spacial score (nSPS) is 13.4. The largest absolute Gasteiger partial charge is 0.462 e. The maximum absolute atomic E-state index is 13.2. The Morgan fingerprint density at radius 3 is 2.11 bits per heavy atom. The molecular formula is C17H16F7N3. The van der Waals surface area contributed by atoms with Gasteiger partial charge in [-0.1, -0.05) is 18.2 Å². The molecule has 0 aliphatic rings. The minimum absolute atomic E-state index is 0.286. The van der Waals surface area contributed by atoms with Gasteiger partial charge in [0.25, 0.3) is 0 Å². The van der Waals surface area contributed by atoms with E-state index in [4.69, 9.17) is 0 Å². The average molecular weight is 395 g/mol. The van der Waals surface area contributed by atoms with Crippen LogP contribution in [0.2, 0.25) is 0 Å². The van der Waals surface area contributed by atoms with Gasteiger partial charge in [-0.3, -0.25) is 0 Å². The molecule has 0 aliphatic carbocycles. The first kappa shape index (κ1) is 20.8. The van der Waals surface area contributed by atoms with Gasteiger partial charge in [-0.25, -0.2) is 5.43 Å². The zero-order valence-corrected chi connectivity index (χ0v) is 14.5. The first-order chi connectivity index (χ1) is 12.3. The number of aryl methyl sites for hydroxylation is 2. The molecule has 0 aliphatic heterocycles. The Kier molecular flexibility index (Phi) is 5.31. The number of rotatable bonds is 5. The highest BCUT2D eigenvalue weighted by atomic mass is 19.4. The Hall–Kier alpha value is -2.52. The highest BCUT2D eigenvalue weighted by molar-refractivity contribution is 5.82. The molecule has 148 valence electrons. The van der Waals surface area contributed by atoms with E-state index in [1.807, 2.05) is 25.1 Å². The van der Waals surface area contributed by atoms with Crippen molar-refractivity contribution in [3.05, 3.63) is 52.8 Å². The monoisotopic (exact) mass is 395 g/mol. The average Bonchev–Trinajstić information content (AvgIpc) is 2.81. The van der Waals surface area contributed by atoms with Gasteiger partial charge in [-0.15, -0.1) is 0 Å². The summed E-state index contributed by atoms with van der Waals surface area (Å²) in [5.41, 5.74) is 3.90. The van der Waals surface area contributed by atoms with Crippen LogP contribution in [0.15, 0.2) is 35.4 Å². The van der Waals surface area contributed by atoms with Crippen LogP contribution in [0.25, 0.3) is 5.69 Å². The van der Waals surface area contributed by atoms with Gasteiger partial charge in [-0.05, 0) is 38.5 Å². The predicted molar refractivity (Wildman–Crippen MR) is 86.7 cm³/mol. The van der Waals surface area contributed by atoms with Crippen LogP contribution >= 0.6 is 0 Å². The number of hydrazone groups is 1. The van der Waals surface area contributed by atoms with Crippen LogP contribution in [0.1, 0.15) is 22.5 Å². The number of hydrogen-bond donors (Lipinski definition) is 1. The third-order valence-corrected chi connectivity index (χ3v) is 3.99. The third kappa shape index (κ3) is 3.79. The molecule has 0 radical (unpaired) electrons. The Morgan fingerprint density at radius 1 is 0.963 bits per heavy atom. The van der Waals surface area contributed by atoms with E-state index in [0.29, 0.717) is 16.8 Å². The lowest BCUT2D eigenvalue weighted by atomic mass is 10.2. The van der Waals surface area contributed by atoms with Crippen molar-refractivity contribution in [2.24, 2.45) is 5.10 Å². The van der Waals surface area contributed by atoms with Gasteiger partial charge < -0.3 is 4.57 Å². The Morgan fingerprint density at radius 2 is 1.56 bits per heavy atom. The van der Waals surface area contributed by atoms with E-state index in [1.54, 1.807) is 30.5 Å². The summed E-state index contributed by atoms with van der Waals surface area (Å²) < 4.78 is 90.2. The molecule has 0 saturated carbocycles. The summed E-state index contributed by atoms with van der Waals surface area (Å²) in [6, 6.07) is 3.28. The summed E-state index contributed by atoms with van der Waals surface area (Å²) in [5.74, 6) is -6.27. The van der Waals surface area contributed by atoms with Crippen LogP contribution in [0.5, 0.6) is 0 Å². The molecule has 3 nitrogen and oxygen atoms in total. The van der Waals surface area contributed by atoms with Gasteiger partial charge in [0, 0.05) is 22.6 Å². The van der Waals surface area contributed by atoms with E-state index in [9.17, 15) is 30.7 Å². The Labute approximate surface area is 150 Å². The molecule has 0 unspecified atom stereocenters. The standard InChI is InChI=1S/C17H16F7N3/c1-10-6-4-5-7-14(10)27-11(2)8-13(12(27)3)9-25-26-17(23,24)15(18,19)16(20,21)22/h4-9,26H,1-3H3/b25-9+. The second-order valence-corrected chi connectivity index (χ2v) is 5.96. The van der Waals surface area contributed by atoms with Crippen molar-refractivity contribution in [1.82, 2.24) is 9.99 Å². The maximum atomic E-state index is 13.2. The number of benzene rings is 1. The lowest BCUT2D eigenvalue weighted by molar-refractivity contribution is -0.361. The number of para-hydroxylation sites is 1. The summed E-state index contributed by atoms with van der Waals surface area (Å²) >= 11 is 0. The number of hydrogen-bond acceptors (Lipinski definition) is 2. The van der Waals surface area contributed by atoms with Gasteiger partial charge in [0.1, 0.15) is 0 Å². The van der Waals surface area contributed by atoms with Crippen LogP contribution < -0.4 is 5.43 Å². The molecule has 27 heavy (non-hydrogen) atoms. The molecule has 0 fully saturated rings. The van der Waals surface area contributed by atoms with Crippen LogP contribution in [-0.2, 0) is 0 Å². The zero-order chi connectivity index (χ0) is 20.6. The first-order valence-electron chi connectivity index (χ1n) is 7.67. The lowest BCUT2D eigenvalue weighted by Gasteiger charge is -2.27. The van der Waals surface area contributed by atoms with Crippen molar-refractivity contribution in [3.63, 3.8) is 0 Å². The first-order valence-corrected chi connectivity index (χ1v) is 7.67. The van der Waals surface area contributed by atoms with Crippen molar-refractivity contribution in [3.8, 4) is 5.69 Å². The molecule has 0 bridgehead atoms. The van der Waals surface area contributed by atoms with Crippen LogP contribution in [0.3, 0.4) is 0 Å². The molecule has 0 saturated heterocycles. The van der Waals surface area contributed by atoms with Gasteiger partial charge in [0.2, 0.25) is 0 Å². The van der Waals surface area contributed by atoms with Crippen molar-refractivity contribution in [1.29, 1.82) is 0 Å². The SMILES string of the molecule is Cc1ccccc1-n1c(C)cc(/C=N/NC(F)(F)C(F)(F)C(F)(F)F)c1C. The minimum Gasteiger partial charge on any atom is -0.318 e. The highest BCUT2D eigenvalue weighted by Gasteiger charge is 2.73. The van der Waals surface area contributed by atoms with Crippen LogP contribution in [0.4, 0.5) is 30.7 Å². The molecule has 1 aromatic heterocycles. The van der Waals surface area contributed by atoms with Crippen LogP contribution in [-0.4, -0.2) is 28.9 Å².